The van der Waals surface area contributed by atoms with E-state index < -0.39 is 0 Å². The van der Waals surface area contributed by atoms with Crippen molar-refractivity contribution in [3.8, 4) is 17.0 Å². The number of carbonyl (C=O) groups is 1. The molecule has 7 heteroatoms. The fourth-order valence-corrected chi connectivity index (χ4v) is 2.64. The van der Waals surface area contributed by atoms with Crippen LogP contribution < -0.4 is 10.6 Å². The van der Waals surface area contributed by atoms with E-state index in [4.69, 9.17) is 0 Å². The summed E-state index contributed by atoms with van der Waals surface area (Å²) in [7, 11) is 0. The van der Waals surface area contributed by atoms with Crippen molar-refractivity contribution in [1.29, 1.82) is 0 Å². The second kappa shape index (κ2) is 6.56. The monoisotopic (exact) mass is 345 g/mol. The van der Waals surface area contributed by atoms with Crippen LogP contribution in [0.2, 0.25) is 0 Å². The van der Waals surface area contributed by atoms with E-state index in [1.807, 2.05) is 41.1 Å². The van der Waals surface area contributed by atoms with Gasteiger partial charge in [-0.05, 0) is 48.5 Å². The van der Waals surface area contributed by atoms with Gasteiger partial charge in [0, 0.05) is 35.5 Å². The van der Waals surface area contributed by atoms with Crippen molar-refractivity contribution in [3.05, 3.63) is 67.1 Å². The summed E-state index contributed by atoms with van der Waals surface area (Å²) in [5.41, 5.74) is 3.86. The number of anilines is 3. The first-order valence-electron chi connectivity index (χ1n) is 7.93. The number of hydrogen-bond donors (Lipinski definition) is 3. The number of carbonyl (C=O) groups excluding carboxylic acids is 1. The number of benzene rings is 2. The summed E-state index contributed by atoms with van der Waals surface area (Å²) >= 11 is 0. The molecule has 0 unspecified atom stereocenters. The summed E-state index contributed by atoms with van der Waals surface area (Å²) in [5, 5.41) is 15.3. The minimum atomic E-state index is 0.208. The molecule has 1 amide bonds. The van der Waals surface area contributed by atoms with Gasteiger partial charge in [-0.15, -0.1) is 0 Å². The predicted octanol–water partition coefficient (Wildman–Crippen LogP) is 3.41. The van der Waals surface area contributed by atoms with Crippen molar-refractivity contribution < 1.29 is 9.90 Å². The van der Waals surface area contributed by atoms with Crippen LogP contribution >= 0.6 is 0 Å². The number of phenols is 1. The smallest absolute Gasteiger partial charge is 0.211 e. The Labute approximate surface area is 149 Å². The lowest BCUT2D eigenvalue weighted by molar-refractivity contribution is -0.105. The average Bonchev–Trinajstić information content (AvgIpc) is 3.13. The summed E-state index contributed by atoms with van der Waals surface area (Å²) in [4.78, 5) is 19.5. The number of imidazole rings is 1. The van der Waals surface area contributed by atoms with Crippen LogP contribution in [-0.2, 0) is 4.79 Å². The van der Waals surface area contributed by atoms with Gasteiger partial charge in [-0.3, -0.25) is 4.79 Å². The zero-order valence-electron chi connectivity index (χ0n) is 13.6. The number of hydrogen-bond acceptors (Lipinski definition) is 5. The molecule has 2 heterocycles. The van der Waals surface area contributed by atoms with E-state index in [0.29, 0.717) is 23.6 Å². The average molecular weight is 345 g/mol. The van der Waals surface area contributed by atoms with E-state index >= 15 is 0 Å². The Hall–Kier alpha value is -3.87. The van der Waals surface area contributed by atoms with Gasteiger partial charge in [0.1, 0.15) is 5.75 Å². The lowest BCUT2D eigenvalue weighted by atomic mass is 10.1. The maximum Gasteiger partial charge on any atom is 0.211 e. The second-order valence-corrected chi connectivity index (χ2v) is 5.64. The zero-order valence-corrected chi connectivity index (χ0v) is 13.6. The van der Waals surface area contributed by atoms with Crippen LogP contribution in [0.5, 0.6) is 5.75 Å². The number of aromatic nitrogens is 3. The summed E-state index contributed by atoms with van der Waals surface area (Å²) in [5.74, 6) is 0.816. The second-order valence-electron chi connectivity index (χ2n) is 5.64. The minimum Gasteiger partial charge on any atom is -0.508 e. The largest absolute Gasteiger partial charge is 0.508 e. The van der Waals surface area contributed by atoms with Crippen molar-refractivity contribution in [2.45, 2.75) is 0 Å². The fourth-order valence-electron chi connectivity index (χ4n) is 2.64. The van der Waals surface area contributed by atoms with E-state index in [-0.39, 0.29) is 5.75 Å². The van der Waals surface area contributed by atoms with Crippen LogP contribution in [0, 0.1) is 0 Å². The van der Waals surface area contributed by atoms with Crippen molar-refractivity contribution in [3.63, 3.8) is 0 Å². The Morgan fingerprint density at radius 3 is 2.46 bits per heavy atom. The van der Waals surface area contributed by atoms with Gasteiger partial charge < -0.3 is 20.1 Å². The molecule has 3 N–H and O–H groups in total. The molecule has 2 aromatic heterocycles. The van der Waals surface area contributed by atoms with Crippen molar-refractivity contribution in [2.24, 2.45) is 0 Å². The quantitative estimate of drug-likeness (QED) is 0.482. The first-order chi connectivity index (χ1) is 12.7. The minimum absolute atomic E-state index is 0.208. The molecule has 0 bridgehead atoms. The molecular weight excluding hydrogens is 330 g/mol. The molecule has 7 nitrogen and oxygen atoms in total. The highest BCUT2D eigenvalue weighted by Gasteiger charge is 2.10. The highest BCUT2D eigenvalue weighted by atomic mass is 16.3. The molecule has 0 aliphatic heterocycles. The Morgan fingerprint density at radius 1 is 1.00 bits per heavy atom. The number of amides is 1. The van der Waals surface area contributed by atoms with Crippen LogP contribution in [0.25, 0.3) is 16.9 Å². The van der Waals surface area contributed by atoms with Crippen LogP contribution in [0.4, 0.5) is 17.2 Å². The molecule has 0 saturated carbocycles. The molecule has 0 radical (unpaired) electrons. The topological polar surface area (TPSA) is 91.5 Å². The van der Waals surface area contributed by atoms with Gasteiger partial charge in [0.2, 0.25) is 6.41 Å². The molecule has 0 aliphatic carbocycles. The van der Waals surface area contributed by atoms with E-state index in [0.717, 1.165) is 16.9 Å². The van der Waals surface area contributed by atoms with Crippen molar-refractivity contribution >= 4 is 29.2 Å². The van der Waals surface area contributed by atoms with E-state index in [2.05, 4.69) is 20.6 Å². The third-order valence-corrected chi connectivity index (χ3v) is 3.91. The lowest BCUT2D eigenvalue weighted by Crippen LogP contribution is -2.00. The Bertz CT molecular complexity index is 1060. The number of phenolic OH excluding ortho intramolecular Hbond substituents is 1. The number of fused-ring (bicyclic) bond motifs is 1. The van der Waals surface area contributed by atoms with E-state index in [1.165, 1.54) is 0 Å². The first-order valence-corrected chi connectivity index (χ1v) is 7.93. The fraction of sp³-hybridized carbons (Fsp3) is 0. The molecule has 0 fully saturated rings. The normalized spacial score (nSPS) is 10.6. The molecule has 128 valence electrons. The van der Waals surface area contributed by atoms with E-state index in [9.17, 15) is 9.90 Å². The number of nitrogens with zero attached hydrogens (tertiary/aromatic N) is 3. The summed E-state index contributed by atoms with van der Waals surface area (Å²) < 4.78 is 1.89. The molecule has 4 rings (SSSR count). The maximum absolute atomic E-state index is 10.5. The van der Waals surface area contributed by atoms with Gasteiger partial charge >= 0.3 is 0 Å². The molecule has 2 aromatic carbocycles. The number of nitrogens with one attached hydrogen (secondary N) is 2. The first kappa shape index (κ1) is 15.6. The Morgan fingerprint density at radius 2 is 1.73 bits per heavy atom. The molecule has 0 spiro atoms. The van der Waals surface area contributed by atoms with Gasteiger partial charge in [-0.2, -0.15) is 0 Å². The van der Waals surface area contributed by atoms with Crippen LogP contribution in [-0.4, -0.2) is 25.9 Å². The molecule has 0 saturated heterocycles. The molecule has 26 heavy (non-hydrogen) atoms. The van der Waals surface area contributed by atoms with Crippen LogP contribution in [0.3, 0.4) is 0 Å². The maximum atomic E-state index is 10.5. The van der Waals surface area contributed by atoms with E-state index in [1.54, 1.807) is 30.5 Å². The SMILES string of the molecule is O=CNc1ccc(Nc2nc(-c3ccc(O)cc3)cn3ccnc23)cc1. The van der Waals surface area contributed by atoms with Gasteiger partial charge in [0.05, 0.1) is 5.69 Å². The Balaban J connectivity index is 1.72. The summed E-state index contributed by atoms with van der Waals surface area (Å²) in [6, 6.07) is 14.2. The molecule has 0 atom stereocenters. The van der Waals surface area contributed by atoms with Crippen LogP contribution in [0.15, 0.2) is 67.1 Å². The molecular formula is C19H15N5O2. The number of aromatic hydroxyl groups is 1. The molecule has 0 aliphatic rings. The van der Waals surface area contributed by atoms with Gasteiger partial charge in [0.15, 0.2) is 11.5 Å². The Kier molecular flexibility index (Phi) is 3.95. The van der Waals surface area contributed by atoms with Crippen molar-refractivity contribution in [1.82, 2.24) is 14.4 Å². The van der Waals surface area contributed by atoms with Gasteiger partial charge in [0.25, 0.3) is 0 Å². The standard InChI is InChI=1S/C19H15N5O2/c25-12-21-14-3-5-15(6-4-14)22-18-19-20-9-10-24(19)11-17(23-18)13-1-7-16(26)8-2-13/h1-12,26H,(H,21,25)(H,22,23). The number of rotatable bonds is 5. The summed E-state index contributed by atoms with van der Waals surface area (Å²) in [6.45, 7) is 0. The van der Waals surface area contributed by atoms with Gasteiger partial charge in [-0.1, -0.05) is 0 Å². The predicted molar refractivity (Wildman–Crippen MR) is 99.5 cm³/mol. The molecule has 4 aromatic rings. The third kappa shape index (κ3) is 3.05. The summed E-state index contributed by atoms with van der Waals surface area (Å²) in [6.07, 6.45) is 6.08. The highest BCUT2D eigenvalue weighted by Crippen LogP contribution is 2.26. The van der Waals surface area contributed by atoms with Crippen molar-refractivity contribution in [2.75, 3.05) is 10.6 Å². The van der Waals surface area contributed by atoms with Crippen LogP contribution in [0.1, 0.15) is 0 Å². The lowest BCUT2D eigenvalue weighted by Gasteiger charge is -2.10. The third-order valence-electron chi connectivity index (χ3n) is 3.91. The van der Waals surface area contributed by atoms with Gasteiger partial charge in [-0.25, -0.2) is 9.97 Å². The highest BCUT2D eigenvalue weighted by molar-refractivity contribution is 5.76. The zero-order chi connectivity index (χ0) is 17.9.